The molecule has 0 atom stereocenters. The minimum absolute atomic E-state index is 0.115. The Balaban J connectivity index is 1.62. The molecule has 31 heavy (non-hydrogen) atoms. The van der Waals surface area contributed by atoms with E-state index in [-0.39, 0.29) is 5.41 Å². The van der Waals surface area contributed by atoms with Gasteiger partial charge in [0.15, 0.2) is 11.5 Å². The third kappa shape index (κ3) is 3.76. The molecule has 1 aromatic heterocycles. The fourth-order valence-electron chi connectivity index (χ4n) is 3.82. The molecule has 0 fully saturated rings. The predicted octanol–water partition coefficient (Wildman–Crippen LogP) is 4.20. The third-order valence-electron chi connectivity index (χ3n) is 5.52. The molecule has 1 aliphatic rings. The number of hydrogen-bond acceptors (Lipinski definition) is 8. The summed E-state index contributed by atoms with van der Waals surface area (Å²) in [6, 6.07) is 9.87. The van der Waals surface area contributed by atoms with Crippen LogP contribution in [-0.4, -0.2) is 37.8 Å². The van der Waals surface area contributed by atoms with Gasteiger partial charge in [-0.25, -0.2) is 4.98 Å². The second-order valence-corrected chi connectivity index (χ2v) is 8.03. The van der Waals surface area contributed by atoms with Crippen molar-refractivity contribution in [1.29, 1.82) is 0 Å². The molecule has 2 aromatic carbocycles. The number of anilines is 4. The van der Waals surface area contributed by atoms with Gasteiger partial charge in [-0.05, 0) is 17.2 Å². The molecule has 0 radical (unpaired) electrons. The highest BCUT2D eigenvalue weighted by molar-refractivity contribution is 5.79. The van der Waals surface area contributed by atoms with Gasteiger partial charge in [0.05, 0.1) is 21.3 Å². The lowest BCUT2D eigenvalue weighted by molar-refractivity contribution is 0.324. The Labute approximate surface area is 181 Å². The number of nitrogens with zero attached hydrogens (tertiary/aromatic N) is 2. The molecule has 0 saturated heterocycles. The van der Waals surface area contributed by atoms with Crippen molar-refractivity contribution in [2.45, 2.75) is 19.3 Å². The molecule has 162 valence electrons. The summed E-state index contributed by atoms with van der Waals surface area (Å²) in [7, 11) is 4.69. The summed E-state index contributed by atoms with van der Waals surface area (Å²) in [6.45, 7) is 5.37. The molecule has 2 heterocycles. The predicted molar refractivity (Wildman–Crippen MR) is 123 cm³/mol. The SMILES string of the molecule is COc1cc(Nc2ncc(-c3ccc4c(c3)NCC4(C)C)c(N)n2)cc(OC)c1OC. The van der Waals surface area contributed by atoms with Crippen LogP contribution in [0.15, 0.2) is 36.5 Å². The number of aromatic nitrogens is 2. The maximum Gasteiger partial charge on any atom is 0.229 e. The van der Waals surface area contributed by atoms with Gasteiger partial charge in [-0.15, -0.1) is 0 Å². The summed E-state index contributed by atoms with van der Waals surface area (Å²) in [4.78, 5) is 8.89. The van der Waals surface area contributed by atoms with E-state index in [1.54, 1.807) is 39.7 Å². The van der Waals surface area contributed by atoms with Crippen LogP contribution in [0.1, 0.15) is 19.4 Å². The van der Waals surface area contributed by atoms with E-state index in [4.69, 9.17) is 19.9 Å². The molecule has 8 nitrogen and oxygen atoms in total. The molecule has 0 saturated carbocycles. The first-order valence-electron chi connectivity index (χ1n) is 9.94. The lowest BCUT2D eigenvalue weighted by Crippen LogP contribution is -2.18. The summed E-state index contributed by atoms with van der Waals surface area (Å²) in [6.07, 6.45) is 1.73. The zero-order valence-electron chi connectivity index (χ0n) is 18.4. The molecular formula is C23H27N5O3. The summed E-state index contributed by atoms with van der Waals surface area (Å²) in [5.74, 6) is 2.34. The van der Waals surface area contributed by atoms with E-state index >= 15 is 0 Å². The van der Waals surface area contributed by atoms with E-state index in [2.05, 4.69) is 52.6 Å². The first-order chi connectivity index (χ1) is 14.9. The number of methoxy groups -OCH3 is 3. The van der Waals surface area contributed by atoms with E-state index in [0.29, 0.717) is 34.7 Å². The molecule has 4 N–H and O–H groups in total. The number of benzene rings is 2. The Kier molecular flexibility index (Phi) is 5.22. The average molecular weight is 422 g/mol. The van der Waals surface area contributed by atoms with Crippen molar-refractivity contribution in [1.82, 2.24) is 9.97 Å². The van der Waals surface area contributed by atoms with Crippen LogP contribution in [-0.2, 0) is 5.41 Å². The smallest absolute Gasteiger partial charge is 0.229 e. The van der Waals surface area contributed by atoms with Crippen molar-refractivity contribution < 1.29 is 14.2 Å². The van der Waals surface area contributed by atoms with Crippen LogP contribution in [0.25, 0.3) is 11.1 Å². The Hall–Kier alpha value is -3.68. The zero-order chi connectivity index (χ0) is 22.2. The van der Waals surface area contributed by atoms with E-state index in [0.717, 1.165) is 23.4 Å². The molecule has 1 aliphatic heterocycles. The second kappa shape index (κ2) is 7.86. The van der Waals surface area contributed by atoms with Gasteiger partial charge in [-0.3, -0.25) is 0 Å². The molecule has 0 amide bonds. The highest BCUT2D eigenvalue weighted by Crippen LogP contribution is 2.41. The van der Waals surface area contributed by atoms with Gasteiger partial charge >= 0.3 is 0 Å². The maximum atomic E-state index is 6.28. The lowest BCUT2D eigenvalue weighted by Gasteiger charge is -2.17. The van der Waals surface area contributed by atoms with Crippen molar-refractivity contribution in [3.8, 4) is 28.4 Å². The molecule has 0 spiro atoms. The van der Waals surface area contributed by atoms with Gasteiger partial charge in [0.25, 0.3) is 0 Å². The van der Waals surface area contributed by atoms with Crippen molar-refractivity contribution in [2.24, 2.45) is 0 Å². The Morgan fingerprint density at radius 2 is 1.74 bits per heavy atom. The van der Waals surface area contributed by atoms with Crippen molar-refractivity contribution in [3.63, 3.8) is 0 Å². The van der Waals surface area contributed by atoms with Gasteiger partial charge < -0.3 is 30.6 Å². The molecule has 0 bridgehead atoms. The number of rotatable bonds is 6. The summed E-state index contributed by atoms with van der Waals surface area (Å²) in [5.41, 5.74) is 11.3. The van der Waals surface area contributed by atoms with Gasteiger partial charge in [-0.1, -0.05) is 26.0 Å². The van der Waals surface area contributed by atoms with Crippen molar-refractivity contribution >= 4 is 23.1 Å². The number of nitrogens with two attached hydrogens (primary N) is 1. The average Bonchev–Trinajstić information content (AvgIpc) is 3.07. The third-order valence-corrected chi connectivity index (χ3v) is 5.52. The van der Waals surface area contributed by atoms with Gasteiger partial charge in [-0.2, -0.15) is 4.98 Å². The highest BCUT2D eigenvalue weighted by atomic mass is 16.5. The van der Waals surface area contributed by atoms with Crippen LogP contribution >= 0.6 is 0 Å². The minimum atomic E-state index is 0.115. The van der Waals surface area contributed by atoms with E-state index in [1.807, 2.05) is 0 Å². The second-order valence-electron chi connectivity index (χ2n) is 8.03. The molecule has 0 unspecified atom stereocenters. The number of nitrogens with one attached hydrogen (secondary N) is 2. The van der Waals surface area contributed by atoms with Gasteiger partial charge in [0, 0.05) is 47.2 Å². The zero-order valence-corrected chi connectivity index (χ0v) is 18.4. The van der Waals surface area contributed by atoms with E-state index in [1.165, 1.54) is 5.56 Å². The molecule has 3 aromatic rings. The Morgan fingerprint density at radius 3 is 2.35 bits per heavy atom. The topological polar surface area (TPSA) is 104 Å². The highest BCUT2D eigenvalue weighted by Gasteiger charge is 2.29. The molecular weight excluding hydrogens is 394 g/mol. The number of fused-ring (bicyclic) bond motifs is 1. The minimum Gasteiger partial charge on any atom is -0.493 e. The normalized spacial score (nSPS) is 13.8. The fourth-order valence-corrected chi connectivity index (χ4v) is 3.82. The summed E-state index contributed by atoms with van der Waals surface area (Å²) < 4.78 is 16.1. The summed E-state index contributed by atoms with van der Waals surface area (Å²) in [5, 5.41) is 6.61. The lowest BCUT2D eigenvalue weighted by atomic mass is 9.86. The van der Waals surface area contributed by atoms with Crippen LogP contribution in [0.4, 0.5) is 23.1 Å². The first-order valence-corrected chi connectivity index (χ1v) is 9.94. The Bertz CT molecular complexity index is 1110. The van der Waals surface area contributed by atoms with Crippen LogP contribution in [0.3, 0.4) is 0 Å². The van der Waals surface area contributed by atoms with Crippen LogP contribution in [0.2, 0.25) is 0 Å². The fraction of sp³-hybridized carbons (Fsp3) is 0.304. The van der Waals surface area contributed by atoms with Crippen LogP contribution < -0.4 is 30.6 Å². The quantitative estimate of drug-likeness (QED) is 0.544. The van der Waals surface area contributed by atoms with Gasteiger partial charge in [0.2, 0.25) is 11.7 Å². The van der Waals surface area contributed by atoms with Gasteiger partial charge in [0.1, 0.15) is 5.82 Å². The van der Waals surface area contributed by atoms with E-state index in [9.17, 15) is 0 Å². The van der Waals surface area contributed by atoms with Crippen LogP contribution in [0.5, 0.6) is 17.2 Å². The largest absolute Gasteiger partial charge is 0.493 e. The molecule has 8 heteroatoms. The summed E-state index contributed by atoms with van der Waals surface area (Å²) >= 11 is 0. The number of hydrogen-bond donors (Lipinski definition) is 3. The Morgan fingerprint density at radius 1 is 1.03 bits per heavy atom. The number of nitrogen functional groups attached to an aromatic ring is 1. The number of ether oxygens (including phenoxy) is 3. The monoisotopic (exact) mass is 421 g/mol. The molecule has 0 aliphatic carbocycles. The first kappa shape index (κ1) is 20.6. The standard InChI is InChI=1S/C23H27N5O3/c1-23(2)12-26-17-8-13(6-7-16(17)23)15-11-25-22(28-21(15)24)27-14-9-18(29-3)20(31-5)19(10-14)30-4/h6-11,26H,12H2,1-5H3,(H3,24,25,27,28). The van der Waals surface area contributed by atoms with E-state index < -0.39 is 0 Å². The van der Waals surface area contributed by atoms with Crippen molar-refractivity contribution in [3.05, 3.63) is 42.1 Å². The maximum absolute atomic E-state index is 6.28. The van der Waals surface area contributed by atoms with Crippen LogP contribution in [0, 0.1) is 0 Å². The van der Waals surface area contributed by atoms with Crippen molar-refractivity contribution in [2.75, 3.05) is 44.2 Å². The molecule has 4 rings (SSSR count).